The van der Waals surface area contributed by atoms with Crippen LogP contribution in [0.25, 0.3) is 0 Å². The Morgan fingerprint density at radius 1 is 1.18 bits per heavy atom. The predicted octanol–water partition coefficient (Wildman–Crippen LogP) is 4.62. The average Bonchev–Trinajstić information content (AvgIpc) is 2.48. The topological polar surface area (TPSA) is 41.3 Å². The first-order valence-corrected chi connectivity index (χ1v) is 8.60. The Bertz CT molecular complexity index is 611. The monoisotopic (exact) mass is 313 g/mol. The van der Waals surface area contributed by atoms with Crippen LogP contribution in [0.2, 0.25) is 0 Å². The highest BCUT2D eigenvalue weighted by molar-refractivity contribution is 8.00. The zero-order valence-electron chi connectivity index (χ0n) is 13.0. The molecule has 3 rings (SSSR count). The van der Waals surface area contributed by atoms with Crippen molar-refractivity contribution in [1.82, 2.24) is 0 Å². The predicted molar refractivity (Wildman–Crippen MR) is 97.4 cm³/mol. The highest BCUT2D eigenvalue weighted by Crippen LogP contribution is 2.32. The second-order valence-electron chi connectivity index (χ2n) is 5.85. The van der Waals surface area contributed by atoms with Crippen LogP contribution in [0, 0.1) is 5.92 Å². The third kappa shape index (κ3) is 3.69. The van der Waals surface area contributed by atoms with Crippen LogP contribution >= 0.6 is 11.9 Å². The number of hydrogen-bond donors (Lipinski definition) is 2. The van der Waals surface area contributed by atoms with Crippen molar-refractivity contribution in [1.29, 1.82) is 0 Å². The van der Waals surface area contributed by atoms with Crippen molar-refractivity contribution >= 4 is 29.0 Å². The van der Waals surface area contributed by atoms with E-state index in [-0.39, 0.29) is 0 Å². The number of nitrogens with two attached hydrogens (primary N) is 1. The van der Waals surface area contributed by atoms with Crippen LogP contribution in [0.4, 0.5) is 17.1 Å². The minimum atomic E-state index is 0.817. The summed E-state index contributed by atoms with van der Waals surface area (Å²) < 4.78 is 2.14. The average molecular weight is 313 g/mol. The lowest BCUT2D eigenvalue weighted by molar-refractivity contribution is 0.333. The standard InChI is InChI=1S/C18H23N3S/c1-21(22-16-8-3-2-4-9-16)15-10-11-18(17(19)12-15)20-13-14-6-5-7-14/h2-4,8-12,14,20H,5-7,13,19H2,1H3. The lowest BCUT2D eigenvalue weighted by atomic mass is 9.85. The van der Waals surface area contributed by atoms with E-state index in [0.29, 0.717) is 0 Å². The van der Waals surface area contributed by atoms with Crippen LogP contribution < -0.4 is 15.4 Å². The van der Waals surface area contributed by atoms with Gasteiger partial charge in [-0.3, -0.25) is 0 Å². The van der Waals surface area contributed by atoms with Gasteiger partial charge in [0, 0.05) is 24.2 Å². The van der Waals surface area contributed by atoms with Crippen molar-refractivity contribution in [2.75, 3.05) is 28.9 Å². The molecule has 22 heavy (non-hydrogen) atoms. The molecule has 0 amide bonds. The van der Waals surface area contributed by atoms with Gasteiger partial charge in [0.25, 0.3) is 0 Å². The minimum Gasteiger partial charge on any atom is -0.397 e. The summed E-state index contributed by atoms with van der Waals surface area (Å²) >= 11 is 1.70. The molecular weight excluding hydrogens is 290 g/mol. The maximum atomic E-state index is 6.20. The highest BCUT2D eigenvalue weighted by atomic mass is 32.2. The van der Waals surface area contributed by atoms with Gasteiger partial charge in [0.1, 0.15) is 0 Å². The first-order valence-electron chi connectivity index (χ1n) is 7.82. The van der Waals surface area contributed by atoms with Gasteiger partial charge in [0.05, 0.1) is 11.4 Å². The van der Waals surface area contributed by atoms with Crippen LogP contribution in [0.1, 0.15) is 19.3 Å². The number of benzene rings is 2. The molecule has 2 aromatic rings. The fourth-order valence-corrected chi connectivity index (χ4v) is 3.36. The molecule has 3 N–H and O–H groups in total. The smallest absolute Gasteiger partial charge is 0.0575 e. The van der Waals surface area contributed by atoms with Crippen LogP contribution in [-0.2, 0) is 0 Å². The van der Waals surface area contributed by atoms with E-state index in [1.807, 2.05) is 12.1 Å². The molecule has 3 nitrogen and oxygen atoms in total. The van der Waals surface area contributed by atoms with Crippen molar-refractivity contribution in [2.24, 2.45) is 5.92 Å². The number of anilines is 3. The van der Waals surface area contributed by atoms with Crippen LogP contribution in [0.3, 0.4) is 0 Å². The molecule has 0 spiro atoms. The Morgan fingerprint density at radius 2 is 1.95 bits per heavy atom. The molecule has 0 saturated heterocycles. The van der Waals surface area contributed by atoms with E-state index in [4.69, 9.17) is 5.73 Å². The molecule has 2 aromatic carbocycles. The Balaban J connectivity index is 1.62. The summed E-state index contributed by atoms with van der Waals surface area (Å²) in [5.74, 6) is 0.829. The fraction of sp³-hybridized carbons (Fsp3) is 0.333. The molecule has 0 bridgehead atoms. The van der Waals surface area contributed by atoms with E-state index in [1.165, 1.54) is 24.2 Å². The zero-order valence-corrected chi connectivity index (χ0v) is 13.8. The summed E-state index contributed by atoms with van der Waals surface area (Å²) in [4.78, 5) is 1.22. The summed E-state index contributed by atoms with van der Waals surface area (Å²) in [6.07, 6.45) is 4.07. The lowest BCUT2D eigenvalue weighted by Gasteiger charge is -2.26. The maximum Gasteiger partial charge on any atom is 0.0575 e. The highest BCUT2D eigenvalue weighted by Gasteiger charge is 2.17. The molecule has 4 heteroatoms. The molecule has 0 aliphatic heterocycles. The van der Waals surface area contributed by atoms with Gasteiger partial charge in [0.15, 0.2) is 0 Å². The van der Waals surface area contributed by atoms with Gasteiger partial charge in [-0.25, -0.2) is 0 Å². The van der Waals surface area contributed by atoms with Crippen molar-refractivity contribution in [3.8, 4) is 0 Å². The summed E-state index contributed by atoms with van der Waals surface area (Å²) in [6, 6.07) is 16.6. The Morgan fingerprint density at radius 3 is 2.59 bits per heavy atom. The SMILES string of the molecule is CN(Sc1ccccc1)c1ccc(NCC2CCC2)c(N)c1. The minimum absolute atomic E-state index is 0.817. The Labute approximate surface area is 137 Å². The molecule has 0 aromatic heterocycles. The fourth-order valence-electron chi connectivity index (χ4n) is 2.55. The van der Waals surface area contributed by atoms with E-state index in [1.54, 1.807) is 11.9 Å². The molecule has 0 unspecified atom stereocenters. The summed E-state index contributed by atoms with van der Waals surface area (Å²) in [5.41, 5.74) is 9.18. The van der Waals surface area contributed by atoms with Gasteiger partial charge in [-0.15, -0.1) is 0 Å². The number of nitrogen functional groups attached to an aromatic ring is 1. The van der Waals surface area contributed by atoms with E-state index in [0.717, 1.165) is 29.5 Å². The van der Waals surface area contributed by atoms with Gasteiger partial charge in [-0.05, 0) is 61.0 Å². The van der Waals surface area contributed by atoms with Gasteiger partial charge < -0.3 is 15.4 Å². The number of hydrogen-bond acceptors (Lipinski definition) is 4. The molecule has 0 radical (unpaired) electrons. The zero-order chi connectivity index (χ0) is 15.4. The molecule has 116 valence electrons. The Hall–Kier alpha value is -1.81. The molecular formula is C18H23N3S. The van der Waals surface area contributed by atoms with Crippen LogP contribution in [-0.4, -0.2) is 13.6 Å². The van der Waals surface area contributed by atoms with Crippen LogP contribution in [0.5, 0.6) is 0 Å². The number of rotatable bonds is 6. The van der Waals surface area contributed by atoms with E-state index >= 15 is 0 Å². The van der Waals surface area contributed by atoms with E-state index in [2.05, 4.69) is 53.1 Å². The summed E-state index contributed by atoms with van der Waals surface area (Å²) in [7, 11) is 2.06. The largest absolute Gasteiger partial charge is 0.397 e. The lowest BCUT2D eigenvalue weighted by Crippen LogP contribution is -2.21. The van der Waals surface area contributed by atoms with Gasteiger partial charge >= 0.3 is 0 Å². The van der Waals surface area contributed by atoms with Crippen molar-refractivity contribution in [3.05, 3.63) is 48.5 Å². The third-order valence-corrected chi connectivity index (χ3v) is 5.16. The second kappa shape index (κ2) is 6.97. The second-order valence-corrected chi connectivity index (χ2v) is 7.05. The van der Waals surface area contributed by atoms with Crippen molar-refractivity contribution in [3.63, 3.8) is 0 Å². The van der Waals surface area contributed by atoms with Crippen LogP contribution in [0.15, 0.2) is 53.4 Å². The number of nitrogens with one attached hydrogen (secondary N) is 1. The normalized spacial score (nSPS) is 14.4. The van der Waals surface area contributed by atoms with Gasteiger partial charge in [0.2, 0.25) is 0 Å². The van der Waals surface area contributed by atoms with Crippen molar-refractivity contribution < 1.29 is 0 Å². The molecule has 1 aliphatic rings. The van der Waals surface area contributed by atoms with Crippen molar-refractivity contribution in [2.45, 2.75) is 24.2 Å². The van der Waals surface area contributed by atoms with E-state index < -0.39 is 0 Å². The third-order valence-electron chi connectivity index (χ3n) is 4.19. The summed E-state index contributed by atoms with van der Waals surface area (Å²) in [5, 5.41) is 3.48. The number of nitrogens with zero attached hydrogens (tertiary/aromatic N) is 1. The summed E-state index contributed by atoms with van der Waals surface area (Å²) in [6.45, 7) is 1.04. The molecule has 0 atom stereocenters. The molecule has 1 aliphatic carbocycles. The maximum absolute atomic E-state index is 6.20. The van der Waals surface area contributed by atoms with Gasteiger partial charge in [-0.1, -0.05) is 24.6 Å². The Kier molecular flexibility index (Phi) is 4.78. The molecule has 0 heterocycles. The molecule has 1 saturated carbocycles. The van der Waals surface area contributed by atoms with E-state index in [9.17, 15) is 0 Å². The first kappa shape index (κ1) is 15.1. The van der Waals surface area contributed by atoms with Gasteiger partial charge in [-0.2, -0.15) is 0 Å². The molecule has 1 fully saturated rings. The first-order chi connectivity index (χ1) is 10.7. The quantitative estimate of drug-likeness (QED) is 0.603.